The molecule has 116 valence electrons. The van der Waals surface area contributed by atoms with E-state index in [4.69, 9.17) is 0 Å². The van der Waals surface area contributed by atoms with E-state index in [1.807, 2.05) is 66.7 Å². The van der Waals surface area contributed by atoms with Crippen LogP contribution in [0, 0.1) is 0 Å². The van der Waals surface area contributed by atoms with E-state index in [0.29, 0.717) is 11.9 Å². The van der Waals surface area contributed by atoms with E-state index in [1.54, 1.807) is 12.4 Å². The van der Waals surface area contributed by atoms with Gasteiger partial charge in [0.25, 0.3) is 5.56 Å². The molecule has 4 aromatic rings. The van der Waals surface area contributed by atoms with E-state index in [2.05, 4.69) is 10.1 Å². The van der Waals surface area contributed by atoms with Crippen LogP contribution in [-0.2, 0) is 6.54 Å². The van der Waals surface area contributed by atoms with Crippen molar-refractivity contribution in [2.24, 2.45) is 0 Å². The van der Waals surface area contributed by atoms with Crippen molar-refractivity contribution in [2.45, 2.75) is 6.54 Å². The Kier molecular flexibility index (Phi) is 3.63. The van der Waals surface area contributed by atoms with E-state index in [0.717, 1.165) is 22.2 Å². The lowest BCUT2D eigenvalue weighted by Crippen LogP contribution is -2.24. The minimum absolute atomic E-state index is 0.0814. The molecule has 24 heavy (non-hydrogen) atoms. The summed E-state index contributed by atoms with van der Waals surface area (Å²) in [6.45, 7) is 0.442. The molecular formula is C20H15N3O. The highest BCUT2D eigenvalue weighted by Crippen LogP contribution is 2.23. The molecule has 4 nitrogen and oxygen atoms in total. The molecule has 0 radical (unpaired) electrons. The summed E-state index contributed by atoms with van der Waals surface area (Å²) < 4.78 is 1.53. The molecule has 4 heteroatoms. The first-order valence-corrected chi connectivity index (χ1v) is 7.77. The van der Waals surface area contributed by atoms with Crippen LogP contribution in [0.15, 0.2) is 83.9 Å². The lowest BCUT2D eigenvalue weighted by molar-refractivity contribution is 0.651. The second-order valence-corrected chi connectivity index (χ2v) is 5.58. The lowest BCUT2D eigenvalue weighted by Gasteiger charge is -2.11. The van der Waals surface area contributed by atoms with Gasteiger partial charge in [-0.1, -0.05) is 48.5 Å². The average molecular weight is 313 g/mol. The standard InChI is InChI=1S/C20H15N3O/c24-20-18-11-5-4-10-17(18)19(16-9-6-12-21-13-16)22-23(20)14-15-7-2-1-3-8-15/h1-13H,14H2. The van der Waals surface area contributed by atoms with Gasteiger partial charge in [0, 0.05) is 23.3 Å². The number of nitrogens with zero attached hydrogens (tertiary/aromatic N) is 3. The number of hydrogen-bond donors (Lipinski definition) is 0. The fourth-order valence-electron chi connectivity index (χ4n) is 2.81. The molecule has 0 bridgehead atoms. The molecule has 2 aromatic carbocycles. The molecule has 0 saturated heterocycles. The monoisotopic (exact) mass is 313 g/mol. The Morgan fingerprint density at radius 1 is 0.833 bits per heavy atom. The molecule has 0 aliphatic carbocycles. The first-order valence-electron chi connectivity index (χ1n) is 7.77. The molecule has 0 amide bonds. The summed E-state index contributed by atoms with van der Waals surface area (Å²) in [7, 11) is 0. The minimum atomic E-state index is -0.0814. The predicted octanol–water partition coefficient (Wildman–Crippen LogP) is 3.51. The first-order chi connectivity index (χ1) is 11.8. The Balaban J connectivity index is 1.95. The van der Waals surface area contributed by atoms with Crippen LogP contribution in [0.4, 0.5) is 0 Å². The maximum Gasteiger partial charge on any atom is 0.274 e. The second-order valence-electron chi connectivity index (χ2n) is 5.58. The van der Waals surface area contributed by atoms with Crippen LogP contribution in [0.1, 0.15) is 5.56 Å². The Morgan fingerprint density at radius 2 is 1.58 bits per heavy atom. The van der Waals surface area contributed by atoms with Crippen molar-refractivity contribution in [2.75, 3.05) is 0 Å². The zero-order chi connectivity index (χ0) is 16.4. The van der Waals surface area contributed by atoms with Crippen LogP contribution >= 0.6 is 0 Å². The van der Waals surface area contributed by atoms with E-state index < -0.39 is 0 Å². The van der Waals surface area contributed by atoms with Gasteiger partial charge in [-0.05, 0) is 23.8 Å². The second kappa shape index (κ2) is 6.08. The average Bonchev–Trinajstić information content (AvgIpc) is 2.66. The molecule has 0 aliphatic rings. The zero-order valence-corrected chi connectivity index (χ0v) is 13.0. The van der Waals surface area contributed by atoms with Crippen LogP contribution in [0.5, 0.6) is 0 Å². The third-order valence-corrected chi connectivity index (χ3v) is 3.98. The molecular weight excluding hydrogens is 298 g/mol. The summed E-state index contributed by atoms with van der Waals surface area (Å²) in [4.78, 5) is 17.0. The summed E-state index contributed by atoms with van der Waals surface area (Å²) in [6, 6.07) is 21.3. The van der Waals surface area contributed by atoms with Crippen LogP contribution in [0.3, 0.4) is 0 Å². The molecule has 0 unspecified atom stereocenters. The highest BCUT2D eigenvalue weighted by molar-refractivity contribution is 5.93. The molecule has 0 saturated carbocycles. The summed E-state index contributed by atoms with van der Waals surface area (Å²) >= 11 is 0. The maximum atomic E-state index is 12.8. The molecule has 2 aromatic heterocycles. The quantitative estimate of drug-likeness (QED) is 0.581. The van der Waals surface area contributed by atoms with Gasteiger partial charge < -0.3 is 0 Å². The lowest BCUT2D eigenvalue weighted by atomic mass is 10.1. The molecule has 0 N–H and O–H groups in total. The molecule has 0 aliphatic heterocycles. The van der Waals surface area contributed by atoms with E-state index >= 15 is 0 Å². The summed E-state index contributed by atoms with van der Waals surface area (Å²) in [5, 5.41) is 6.15. The largest absolute Gasteiger partial charge is 0.274 e. The van der Waals surface area contributed by atoms with Gasteiger partial charge >= 0.3 is 0 Å². The van der Waals surface area contributed by atoms with Gasteiger partial charge in [-0.15, -0.1) is 0 Å². The highest BCUT2D eigenvalue weighted by Gasteiger charge is 2.12. The Hall–Kier alpha value is -3.27. The van der Waals surface area contributed by atoms with Crippen molar-refractivity contribution in [3.05, 3.63) is 95.0 Å². The third-order valence-electron chi connectivity index (χ3n) is 3.98. The number of aromatic nitrogens is 3. The number of fused-ring (bicyclic) bond motifs is 1. The topological polar surface area (TPSA) is 47.8 Å². The van der Waals surface area contributed by atoms with Gasteiger partial charge in [0.15, 0.2) is 0 Å². The highest BCUT2D eigenvalue weighted by atomic mass is 16.1. The van der Waals surface area contributed by atoms with Crippen LogP contribution < -0.4 is 5.56 Å². The molecule has 0 fully saturated rings. The van der Waals surface area contributed by atoms with Gasteiger partial charge in [-0.2, -0.15) is 5.10 Å². The van der Waals surface area contributed by atoms with Gasteiger partial charge in [-0.25, -0.2) is 4.68 Å². The van der Waals surface area contributed by atoms with Gasteiger partial charge in [-0.3, -0.25) is 9.78 Å². The van der Waals surface area contributed by atoms with Gasteiger partial charge in [0.05, 0.1) is 11.9 Å². The first kappa shape index (κ1) is 14.3. The number of benzene rings is 2. The minimum Gasteiger partial charge on any atom is -0.267 e. The number of pyridine rings is 1. The maximum absolute atomic E-state index is 12.8. The van der Waals surface area contributed by atoms with Crippen LogP contribution in [-0.4, -0.2) is 14.8 Å². The summed E-state index contributed by atoms with van der Waals surface area (Å²) in [5.74, 6) is 0. The van der Waals surface area contributed by atoms with Crippen molar-refractivity contribution in [3.63, 3.8) is 0 Å². The van der Waals surface area contributed by atoms with E-state index in [1.165, 1.54) is 4.68 Å². The predicted molar refractivity (Wildman–Crippen MR) is 94.8 cm³/mol. The normalized spacial score (nSPS) is 10.8. The molecule has 4 rings (SSSR count). The Morgan fingerprint density at radius 3 is 2.33 bits per heavy atom. The van der Waals surface area contributed by atoms with Crippen molar-refractivity contribution < 1.29 is 0 Å². The van der Waals surface area contributed by atoms with Crippen molar-refractivity contribution in [3.8, 4) is 11.3 Å². The third kappa shape index (κ3) is 2.58. The van der Waals surface area contributed by atoms with E-state index in [-0.39, 0.29) is 5.56 Å². The van der Waals surface area contributed by atoms with Crippen molar-refractivity contribution in [1.82, 2.24) is 14.8 Å². The molecule has 0 spiro atoms. The molecule has 2 heterocycles. The summed E-state index contributed by atoms with van der Waals surface area (Å²) in [6.07, 6.45) is 3.50. The van der Waals surface area contributed by atoms with Gasteiger partial charge in [0.1, 0.15) is 5.69 Å². The Labute approximate surface area is 139 Å². The smallest absolute Gasteiger partial charge is 0.267 e. The Bertz CT molecular complexity index is 1040. The van der Waals surface area contributed by atoms with Crippen molar-refractivity contribution >= 4 is 10.8 Å². The molecule has 0 atom stereocenters. The summed E-state index contributed by atoms with van der Waals surface area (Å²) in [5.41, 5.74) is 2.63. The fraction of sp³-hybridized carbons (Fsp3) is 0.0500. The SMILES string of the molecule is O=c1c2ccccc2c(-c2cccnc2)nn1Cc1ccccc1. The number of hydrogen-bond acceptors (Lipinski definition) is 3. The number of rotatable bonds is 3. The fourth-order valence-corrected chi connectivity index (χ4v) is 2.81. The van der Waals surface area contributed by atoms with E-state index in [9.17, 15) is 4.79 Å². The van der Waals surface area contributed by atoms with Crippen molar-refractivity contribution in [1.29, 1.82) is 0 Å². The van der Waals surface area contributed by atoms with Gasteiger partial charge in [0.2, 0.25) is 0 Å². The zero-order valence-electron chi connectivity index (χ0n) is 13.0. The van der Waals surface area contributed by atoms with Crippen LogP contribution in [0.2, 0.25) is 0 Å². The van der Waals surface area contributed by atoms with Crippen LogP contribution in [0.25, 0.3) is 22.0 Å².